The number of carbonyl (C=O) groups is 2. The molecule has 37 heavy (non-hydrogen) atoms. The van der Waals surface area contributed by atoms with Gasteiger partial charge in [0.15, 0.2) is 0 Å². The summed E-state index contributed by atoms with van der Waals surface area (Å²) in [7, 11) is 0. The average molecular weight is 578 g/mol. The number of nitrogens with zero attached hydrogens (tertiary/aromatic N) is 1. The topological polar surface area (TPSA) is 49.4 Å². The number of hydrogen-bond donors (Lipinski definition) is 1. The predicted molar refractivity (Wildman–Crippen MR) is 156 cm³/mol. The number of benzene rings is 3. The van der Waals surface area contributed by atoms with Crippen molar-refractivity contribution in [1.82, 2.24) is 10.2 Å². The molecule has 8 heteroatoms. The molecule has 0 saturated carbocycles. The summed E-state index contributed by atoms with van der Waals surface area (Å²) in [5.74, 6) is 0.269. The molecule has 196 valence electrons. The molecule has 0 aromatic heterocycles. The Hall–Kier alpha value is -2.18. The SMILES string of the molecule is CC[C@@H](C)NC(=O)[C@@H](Cc1ccccc1)N(Cc1ccc(Cl)cc1Cl)C(=O)CCSc1ccc(Cl)cc1. The lowest BCUT2D eigenvalue weighted by Gasteiger charge is -2.32. The summed E-state index contributed by atoms with van der Waals surface area (Å²) in [5, 5.41) is 4.72. The largest absolute Gasteiger partial charge is 0.352 e. The van der Waals surface area contributed by atoms with Gasteiger partial charge < -0.3 is 10.2 Å². The lowest BCUT2D eigenvalue weighted by Crippen LogP contribution is -2.52. The Balaban J connectivity index is 1.88. The Morgan fingerprint density at radius 1 is 0.946 bits per heavy atom. The highest BCUT2D eigenvalue weighted by Crippen LogP contribution is 2.26. The number of thioether (sulfide) groups is 1. The van der Waals surface area contributed by atoms with Crippen LogP contribution in [0.1, 0.15) is 37.8 Å². The molecule has 0 saturated heterocycles. The van der Waals surface area contributed by atoms with E-state index in [0.29, 0.717) is 27.2 Å². The van der Waals surface area contributed by atoms with E-state index in [0.717, 1.165) is 22.4 Å². The number of rotatable bonds is 12. The first-order valence-corrected chi connectivity index (χ1v) is 14.3. The molecule has 0 fully saturated rings. The molecule has 2 amide bonds. The van der Waals surface area contributed by atoms with Crippen LogP contribution >= 0.6 is 46.6 Å². The zero-order chi connectivity index (χ0) is 26.8. The maximum atomic E-state index is 13.7. The molecule has 0 spiro atoms. The van der Waals surface area contributed by atoms with Crippen LogP contribution in [0.15, 0.2) is 77.7 Å². The molecule has 4 nitrogen and oxygen atoms in total. The van der Waals surface area contributed by atoms with Gasteiger partial charge in [0.25, 0.3) is 0 Å². The Morgan fingerprint density at radius 3 is 2.27 bits per heavy atom. The van der Waals surface area contributed by atoms with E-state index in [2.05, 4.69) is 5.32 Å². The molecule has 3 aromatic rings. The molecule has 3 aromatic carbocycles. The van der Waals surface area contributed by atoms with Crippen molar-refractivity contribution in [1.29, 1.82) is 0 Å². The third-order valence-electron chi connectivity index (χ3n) is 6.03. The van der Waals surface area contributed by atoms with Crippen LogP contribution in [0.2, 0.25) is 15.1 Å². The second-order valence-electron chi connectivity index (χ2n) is 8.83. The van der Waals surface area contributed by atoms with Gasteiger partial charge in [-0.25, -0.2) is 0 Å². The number of nitrogens with one attached hydrogen (secondary N) is 1. The molecule has 0 bridgehead atoms. The van der Waals surface area contributed by atoms with E-state index in [-0.39, 0.29) is 30.8 Å². The van der Waals surface area contributed by atoms with Gasteiger partial charge >= 0.3 is 0 Å². The minimum atomic E-state index is -0.698. The van der Waals surface area contributed by atoms with Crippen molar-refractivity contribution in [2.45, 2.75) is 56.6 Å². The second kappa shape index (κ2) is 14.7. The van der Waals surface area contributed by atoms with Crippen molar-refractivity contribution >= 4 is 58.4 Å². The molecule has 0 unspecified atom stereocenters. The van der Waals surface area contributed by atoms with Crippen molar-refractivity contribution in [3.63, 3.8) is 0 Å². The van der Waals surface area contributed by atoms with Crippen LogP contribution < -0.4 is 5.32 Å². The molecule has 3 rings (SSSR count). The van der Waals surface area contributed by atoms with Gasteiger partial charge in [0.05, 0.1) is 0 Å². The molecule has 2 atom stereocenters. The van der Waals surface area contributed by atoms with Crippen LogP contribution in [0.4, 0.5) is 0 Å². The molecule has 1 N–H and O–H groups in total. The standard InChI is InChI=1S/C29H31Cl3N2O2S/c1-3-20(2)33-29(36)27(17-21-7-5-4-6-8-21)34(19-22-9-10-24(31)18-26(22)32)28(35)15-16-37-25-13-11-23(30)12-14-25/h4-14,18,20,27H,3,15-17,19H2,1-2H3,(H,33,36)/t20-,27-/m1/s1. The number of halogens is 3. The van der Waals surface area contributed by atoms with Crippen molar-refractivity contribution in [2.75, 3.05) is 5.75 Å². The van der Waals surface area contributed by atoms with E-state index < -0.39 is 6.04 Å². The van der Waals surface area contributed by atoms with Crippen LogP contribution in [0.5, 0.6) is 0 Å². The van der Waals surface area contributed by atoms with Gasteiger partial charge in [0.2, 0.25) is 11.8 Å². The Kier molecular flexibility index (Phi) is 11.7. The highest BCUT2D eigenvalue weighted by atomic mass is 35.5. The quantitative estimate of drug-likeness (QED) is 0.225. The fourth-order valence-corrected chi connectivity index (χ4v) is 5.19. The van der Waals surface area contributed by atoms with E-state index in [4.69, 9.17) is 34.8 Å². The first kappa shape index (κ1) is 29.4. The minimum Gasteiger partial charge on any atom is -0.352 e. The number of carbonyl (C=O) groups excluding carboxylic acids is 2. The summed E-state index contributed by atoms with van der Waals surface area (Å²) in [4.78, 5) is 29.9. The zero-order valence-electron chi connectivity index (χ0n) is 20.9. The Morgan fingerprint density at radius 2 is 1.62 bits per heavy atom. The van der Waals surface area contributed by atoms with Crippen LogP contribution in [0, 0.1) is 0 Å². The molecule has 0 aliphatic carbocycles. The van der Waals surface area contributed by atoms with Crippen molar-refractivity contribution in [3.05, 3.63) is 99.0 Å². The van der Waals surface area contributed by atoms with Gasteiger partial charge in [-0.2, -0.15) is 0 Å². The first-order chi connectivity index (χ1) is 17.8. The molecule has 0 heterocycles. The lowest BCUT2D eigenvalue weighted by molar-refractivity contribution is -0.141. The van der Waals surface area contributed by atoms with Crippen LogP contribution in [-0.2, 0) is 22.6 Å². The second-order valence-corrected chi connectivity index (χ2v) is 11.3. The van der Waals surface area contributed by atoms with Gasteiger partial charge in [-0.15, -0.1) is 11.8 Å². The lowest BCUT2D eigenvalue weighted by atomic mass is 10.0. The van der Waals surface area contributed by atoms with Crippen molar-refractivity contribution < 1.29 is 9.59 Å². The van der Waals surface area contributed by atoms with Crippen molar-refractivity contribution in [3.8, 4) is 0 Å². The summed E-state index contributed by atoms with van der Waals surface area (Å²) >= 11 is 20.2. The highest BCUT2D eigenvalue weighted by Gasteiger charge is 2.31. The monoisotopic (exact) mass is 576 g/mol. The van der Waals surface area contributed by atoms with Gasteiger partial charge in [-0.1, -0.05) is 78.1 Å². The zero-order valence-corrected chi connectivity index (χ0v) is 24.0. The summed E-state index contributed by atoms with van der Waals surface area (Å²) in [6.45, 7) is 4.18. The fourth-order valence-electron chi connectivity index (χ4n) is 3.76. The molecule has 0 aliphatic rings. The summed E-state index contributed by atoms with van der Waals surface area (Å²) in [5.41, 5.74) is 1.71. The summed E-state index contributed by atoms with van der Waals surface area (Å²) < 4.78 is 0. The van der Waals surface area contributed by atoms with Crippen LogP contribution in [-0.4, -0.2) is 34.6 Å². The molecular formula is C29H31Cl3N2O2S. The van der Waals surface area contributed by atoms with Crippen LogP contribution in [0.3, 0.4) is 0 Å². The first-order valence-electron chi connectivity index (χ1n) is 12.2. The van der Waals surface area contributed by atoms with Gasteiger partial charge in [-0.05, 0) is 60.9 Å². The van der Waals surface area contributed by atoms with Crippen molar-refractivity contribution in [2.24, 2.45) is 0 Å². The average Bonchev–Trinajstić information content (AvgIpc) is 2.88. The Bertz CT molecular complexity index is 1180. The third-order valence-corrected chi connectivity index (χ3v) is 7.88. The van der Waals surface area contributed by atoms with Gasteiger partial charge in [-0.3, -0.25) is 9.59 Å². The molecule has 0 radical (unpaired) electrons. The summed E-state index contributed by atoms with van der Waals surface area (Å²) in [6.07, 6.45) is 1.45. The third kappa shape index (κ3) is 9.26. The van der Waals surface area contributed by atoms with E-state index in [1.807, 2.05) is 68.4 Å². The van der Waals surface area contributed by atoms with E-state index >= 15 is 0 Å². The Labute approximate surface area is 238 Å². The van der Waals surface area contributed by atoms with Gasteiger partial charge in [0.1, 0.15) is 6.04 Å². The molecule has 0 aliphatic heterocycles. The minimum absolute atomic E-state index is 0.0118. The number of hydrogen-bond acceptors (Lipinski definition) is 3. The maximum absolute atomic E-state index is 13.7. The fraction of sp³-hybridized carbons (Fsp3) is 0.310. The van der Waals surface area contributed by atoms with Crippen LogP contribution in [0.25, 0.3) is 0 Å². The molecular weight excluding hydrogens is 547 g/mol. The van der Waals surface area contributed by atoms with Gasteiger partial charge in [0, 0.05) is 51.1 Å². The maximum Gasteiger partial charge on any atom is 0.243 e. The van der Waals surface area contributed by atoms with E-state index in [1.54, 1.807) is 34.9 Å². The number of amides is 2. The summed E-state index contributed by atoms with van der Waals surface area (Å²) in [6, 6.07) is 21.8. The highest BCUT2D eigenvalue weighted by molar-refractivity contribution is 7.99. The normalized spacial score (nSPS) is 12.6. The van der Waals surface area contributed by atoms with E-state index in [9.17, 15) is 9.59 Å². The van der Waals surface area contributed by atoms with E-state index in [1.165, 1.54) is 0 Å². The predicted octanol–water partition coefficient (Wildman–Crippen LogP) is 7.68. The smallest absolute Gasteiger partial charge is 0.243 e.